The van der Waals surface area contributed by atoms with Gasteiger partial charge in [0.2, 0.25) is 0 Å². The van der Waals surface area contributed by atoms with Gasteiger partial charge in [-0.15, -0.1) is 0 Å². The molecule has 19 heavy (non-hydrogen) atoms. The van der Waals surface area contributed by atoms with Gasteiger partial charge < -0.3 is 11.1 Å². The van der Waals surface area contributed by atoms with E-state index < -0.39 is 0 Å². The molecule has 0 saturated heterocycles. The fourth-order valence-electron chi connectivity index (χ4n) is 2.67. The van der Waals surface area contributed by atoms with E-state index in [0.717, 1.165) is 23.6 Å². The largest absolute Gasteiger partial charge is 0.383 e. The minimum atomic E-state index is 0.540. The van der Waals surface area contributed by atoms with Gasteiger partial charge in [0.25, 0.3) is 0 Å². The monoisotopic (exact) mass is 262 g/mol. The highest BCUT2D eigenvalue weighted by Gasteiger charge is 2.14. The van der Waals surface area contributed by atoms with Gasteiger partial charge in [0, 0.05) is 18.0 Å². The van der Waals surface area contributed by atoms with Crippen LogP contribution in [-0.4, -0.2) is 16.0 Å². The van der Waals surface area contributed by atoms with Crippen molar-refractivity contribution in [3.63, 3.8) is 0 Å². The summed E-state index contributed by atoms with van der Waals surface area (Å²) in [5.74, 6) is 2.38. The van der Waals surface area contributed by atoms with Gasteiger partial charge >= 0.3 is 0 Å². The van der Waals surface area contributed by atoms with E-state index in [1.54, 1.807) is 0 Å². The van der Waals surface area contributed by atoms with Gasteiger partial charge in [0.15, 0.2) is 0 Å². The predicted octanol–water partition coefficient (Wildman–Crippen LogP) is 3.45. The zero-order valence-corrected chi connectivity index (χ0v) is 12.2. The summed E-state index contributed by atoms with van der Waals surface area (Å²) in [5, 5.41) is 3.60. The molecule has 4 heteroatoms. The van der Waals surface area contributed by atoms with E-state index in [1.807, 2.05) is 6.92 Å². The van der Waals surface area contributed by atoms with E-state index in [-0.39, 0.29) is 0 Å². The smallest absolute Gasteiger partial charge is 0.134 e. The number of aryl methyl sites for hydroxylation is 1. The second kappa shape index (κ2) is 6.73. The quantitative estimate of drug-likeness (QED) is 0.875. The average molecular weight is 262 g/mol. The van der Waals surface area contributed by atoms with Crippen molar-refractivity contribution in [3.8, 4) is 0 Å². The van der Waals surface area contributed by atoms with Crippen LogP contribution in [0.15, 0.2) is 0 Å². The highest BCUT2D eigenvalue weighted by molar-refractivity contribution is 5.55. The molecule has 1 saturated carbocycles. The van der Waals surface area contributed by atoms with Crippen molar-refractivity contribution in [3.05, 3.63) is 11.4 Å². The molecule has 0 unspecified atom stereocenters. The Morgan fingerprint density at radius 1 is 1.11 bits per heavy atom. The average Bonchev–Trinajstić information content (AvgIpc) is 2.37. The summed E-state index contributed by atoms with van der Waals surface area (Å²) in [7, 11) is 0. The molecule has 1 heterocycles. The lowest BCUT2D eigenvalue weighted by Gasteiger charge is -2.23. The highest BCUT2D eigenvalue weighted by Crippen LogP contribution is 2.23. The Balaban J connectivity index is 2.10. The van der Waals surface area contributed by atoms with Gasteiger partial charge in [-0.3, -0.25) is 0 Å². The number of hydrogen-bond acceptors (Lipinski definition) is 4. The van der Waals surface area contributed by atoms with Crippen molar-refractivity contribution in [2.45, 2.75) is 71.3 Å². The normalized spacial score (nSPS) is 17.8. The van der Waals surface area contributed by atoms with Crippen molar-refractivity contribution in [2.24, 2.45) is 0 Å². The van der Waals surface area contributed by atoms with Crippen LogP contribution >= 0.6 is 0 Å². The Bertz CT molecular complexity index is 409. The Morgan fingerprint density at radius 2 is 1.74 bits per heavy atom. The first kappa shape index (κ1) is 14.1. The summed E-state index contributed by atoms with van der Waals surface area (Å²) in [6.07, 6.45) is 10.1. The topological polar surface area (TPSA) is 63.8 Å². The standard InChI is InChI=1S/C15H26N4/c1-3-13-18-14(16)11(2)15(19-13)17-12-9-7-5-4-6-8-10-12/h12H,3-10H2,1-2H3,(H3,16,17,18,19). The van der Waals surface area contributed by atoms with Crippen LogP contribution in [0.25, 0.3) is 0 Å². The van der Waals surface area contributed by atoms with Gasteiger partial charge in [-0.05, 0) is 19.8 Å². The van der Waals surface area contributed by atoms with Gasteiger partial charge in [0.05, 0.1) is 0 Å². The van der Waals surface area contributed by atoms with Crippen LogP contribution < -0.4 is 11.1 Å². The number of hydrogen-bond donors (Lipinski definition) is 2. The third kappa shape index (κ3) is 3.82. The van der Waals surface area contributed by atoms with Crippen LogP contribution in [0.3, 0.4) is 0 Å². The fourth-order valence-corrected chi connectivity index (χ4v) is 2.67. The van der Waals surface area contributed by atoms with Crippen molar-refractivity contribution in [1.29, 1.82) is 0 Å². The molecule has 0 aliphatic heterocycles. The molecule has 1 fully saturated rings. The van der Waals surface area contributed by atoms with E-state index in [0.29, 0.717) is 11.9 Å². The Labute approximate surface area is 116 Å². The maximum absolute atomic E-state index is 5.97. The van der Waals surface area contributed by atoms with Crippen molar-refractivity contribution >= 4 is 11.6 Å². The molecular formula is C15H26N4. The zero-order chi connectivity index (χ0) is 13.7. The second-order valence-corrected chi connectivity index (χ2v) is 5.54. The maximum atomic E-state index is 5.97. The summed E-state index contributed by atoms with van der Waals surface area (Å²) >= 11 is 0. The predicted molar refractivity (Wildman–Crippen MR) is 80.3 cm³/mol. The van der Waals surface area contributed by atoms with E-state index >= 15 is 0 Å². The first-order valence-corrected chi connectivity index (χ1v) is 7.60. The molecule has 1 aromatic rings. The highest BCUT2D eigenvalue weighted by atomic mass is 15.1. The summed E-state index contributed by atoms with van der Waals surface area (Å²) < 4.78 is 0. The zero-order valence-electron chi connectivity index (χ0n) is 12.2. The third-order valence-corrected chi connectivity index (χ3v) is 3.99. The number of nitrogens with two attached hydrogens (primary N) is 1. The Hall–Kier alpha value is -1.32. The van der Waals surface area contributed by atoms with Crippen molar-refractivity contribution < 1.29 is 0 Å². The summed E-state index contributed by atoms with van der Waals surface area (Å²) in [6, 6.07) is 0.540. The lowest BCUT2D eigenvalue weighted by Crippen LogP contribution is -2.22. The molecule has 1 aromatic heterocycles. The molecule has 4 nitrogen and oxygen atoms in total. The van der Waals surface area contributed by atoms with Gasteiger partial charge in [-0.1, -0.05) is 39.0 Å². The molecule has 0 spiro atoms. The molecule has 0 atom stereocenters. The van der Waals surface area contributed by atoms with Crippen LogP contribution in [0.1, 0.15) is 63.3 Å². The van der Waals surface area contributed by atoms with Crippen LogP contribution in [-0.2, 0) is 6.42 Å². The second-order valence-electron chi connectivity index (χ2n) is 5.54. The fraction of sp³-hybridized carbons (Fsp3) is 0.733. The van der Waals surface area contributed by atoms with E-state index in [4.69, 9.17) is 5.73 Å². The number of nitrogen functional groups attached to an aromatic ring is 1. The molecule has 0 aromatic carbocycles. The minimum Gasteiger partial charge on any atom is -0.383 e. The Morgan fingerprint density at radius 3 is 2.37 bits per heavy atom. The number of rotatable bonds is 3. The lowest BCUT2D eigenvalue weighted by molar-refractivity contribution is 0.470. The molecule has 2 rings (SSSR count). The summed E-state index contributed by atoms with van der Waals surface area (Å²) in [6.45, 7) is 4.06. The lowest BCUT2D eigenvalue weighted by atomic mass is 9.96. The molecular weight excluding hydrogens is 236 g/mol. The third-order valence-electron chi connectivity index (χ3n) is 3.99. The van der Waals surface area contributed by atoms with Gasteiger partial charge in [0.1, 0.15) is 17.5 Å². The number of nitrogens with zero attached hydrogens (tertiary/aromatic N) is 2. The van der Waals surface area contributed by atoms with E-state index in [1.165, 1.54) is 44.9 Å². The van der Waals surface area contributed by atoms with Crippen LogP contribution in [0.2, 0.25) is 0 Å². The minimum absolute atomic E-state index is 0.540. The SMILES string of the molecule is CCc1nc(N)c(C)c(NC2CCCCCCC2)n1. The summed E-state index contributed by atoms with van der Waals surface area (Å²) in [4.78, 5) is 8.90. The van der Waals surface area contributed by atoms with Gasteiger partial charge in [-0.25, -0.2) is 9.97 Å². The number of nitrogens with one attached hydrogen (secondary N) is 1. The molecule has 0 radical (unpaired) electrons. The number of anilines is 2. The molecule has 3 N–H and O–H groups in total. The Kier molecular flexibility index (Phi) is 5.00. The van der Waals surface area contributed by atoms with Crippen LogP contribution in [0.4, 0.5) is 11.6 Å². The first-order chi connectivity index (χ1) is 9.20. The molecule has 106 valence electrons. The molecule has 0 bridgehead atoms. The van der Waals surface area contributed by atoms with E-state index in [2.05, 4.69) is 22.2 Å². The van der Waals surface area contributed by atoms with Crippen LogP contribution in [0, 0.1) is 6.92 Å². The molecule has 0 amide bonds. The van der Waals surface area contributed by atoms with Crippen molar-refractivity contribution in [1.82, 2.24) is 9.97 Å². The summed E-state index contributed by atoms with van der Waals surface area (Å²) in [5.41, 5.74) is 6.95. The van der Waals surface area contributed by atoms with Gasteiger partial charge in [-0.2, -0.15) is 0 Å². The van der Waals surface area contributed by atoms with E-state index in [9.17, 15) is 0 Å². The molecule has 1 aliphatic carbocycles. The number of aromatic nitrogens is 2. The maximum Gasteiger partial charge on any atom is 0.134 e. The first-order valence-electron chi connectivity index (χ1n) is 7.60. The molecule has 1 aliphatic rings. The van der Waals surface area contributed by atoms with Crippen LogP contribution in [0.5, 0.6) is 0 Å². The van der Waals surface area contributed by atoms with Crippen molar-refractivity contribution in [2.75, 3.05) is 11.1 Å².